The molecule has 0 radical (unpaired) electrons. The highest BCUT2D eigenvalue weighted by molar-refractivity contribution is 7.99. The molecule has 2 heterocycles. The maximum atomic E-state index is 12.2. The molecule has 0 aliphatic rings. The topological polar surface area (TPSA) is 72.9 Å². The SMILES string of the molecule is Cc1occc1-c1nnc(SCC(=O)NC(C)(C)C)n1-c1cccc(Cl)c1. The molecule has 0 bridgehead atoms. The van der Waals surface area contributed by atoms with Gasteiger partial charge >= 0.3 is 0 Å². The number of nitrogens with zero attached hydrogens (tertiary/aromatic N) is 3. The van der Waals surface area contributed by atoms with Crippen molar-refractivity contribution in [2.75, 3.05) is 5.75 Å². The third-order valence-corrected chi connectivity index (χ3v) is 4.81. The maximum absolute atomic E-state index is 12.2. The first-order valence-electron chi connectivity index (χ1n) is 8.44. The van der Waals surface area contributed by atoms with Crippen molar-refractivity contribution in [1.29, 1.82) is 0 Å². The molecule has 27 heavy (non-hydrogen) atoms. The second kappa shape index (κ2) is 7.78. The number of amides is 1. The van der Waals surface area contributed by atoms with Gasteiger partial charge in [0.1, 0.15) is 5.76 Å². The maximum Gasteiger partial charge on any atom is 0.230 e. The number of benzene rings is 1. The molecule has 0 aliphatic heterocycles. The molecule has 1 aromatic carbocycles. The van der Waals surface area contributed by atoms with Gasteiger partial charge in [-0.15, -0.1) is 10.2 Å². The zero-order chi connectivity index (χ0) is 19.6. The van der Waals surface area contributed by atoms with Gasteiger partial charge in [0, 0.05) is 10.6 Å². The molecule has 1 N–H and O–H groups in total. The summed E-state index contributed by atoms with van der Waals surface area (Å²) in [5, 5.41) is 12.8. The van der Waals surface area contributed by atoms with E-state index in [0.29, 0.717) is 16.0 Å². The van der Waals surface area contributed by atoms with E-state index in [1.54, 1.807) is 6.26 Å². The largest absolute Gasteiger partial charge is 0.469 e. The third kappa shape index (κ3) is 4.73. The Balaban J connectivity index is 1.96. The smallest absolute Gasteiger partial charge is 0.230 e. The van der Waals surface area contributed by atoms with Crippen LogP contribution in [0, 0.1) is 6.92 Å². The summed E-state index contributed by atoms with van der Waals surface area (Å²) in [4.78, 5) is 12.2. The van der Waals surface area contributed by atoms with Crippen LogP contribution in [0.2, 0.25) is 5.02 Å². The van der Waals surface area contributed by atoms with Gasteiger partial charge in [0.25, 0.3) is 0 Å². The fraction of sp³-hybridized carbons (Fsp3) is 0.316. The molecule has 0 saturated heterocycles. The van der Waals surface area contributed by atoms with E-state index in [9.17, 15) is 4.79 Å². The van der Waals surface area contributed by atoms with Crippen LogP contribution in [0.25, 0.3) is 17.1 Å². The Morgan fingerprint density at radius 3 is 2.70 bits per heavy atom. The number of hydrogen-bond donors (Lipinski definition) is 1. The molecule has 8 heteroatoms. The summed E-state index contributed by atoms with van der Waals surface area (Å²) in [6.07, 6.45) is 1.62. The van der Waals surface area contributed by atoms with Gasteiger partial charge in [-0.1, -0.05) is 29.4 Å². The van der Waals surface area contributed by atoms with Crippen molar-refractivity contribution < 1.29 is 9.21 Å². The van der Waals surface area contributed by atoms with Crippen LogP contribution in [0.15, 0.2) is 46.2 Å². The quantitative estimate of drug-likeness (QED) is 0.634. The summed E-state index contributed by atoms with van der Waals surface area (Å²) in [6.45, 7) is 7.72. The van der Waals surface area contributed by atoms with E-state index >= 15 is 0 Å². The van der Waals surface area contributed by atoms with Crippen LogP contribution >= 0.6 is 23.4 Å². The molecule has 0 spiro atoms. The minimum Gasteiger partial charge on any atom is -0.469 e. The molecule has 0 aliphatic carbocycles. The third-order valence-electron chi connectivity index (χ3n) is 3.65. The van der Waals surface area contributed by atoms with Crippen molar-refractivity contribution in [3.8, 4) is 17.1 Å². The van der Waals surface area contributed by atoms with Gasteiger partial charge in [0.15, 0.2) is 11.0 Å². The Bertz CT molecular complexity index is 959. The predicted octanol–water partition coefficient (Wildman–Crippen LogP) is 4.50. The lowest BCUT2D eigenvalue weighted by Crippen LogP contribution is -2.41. The molecule has 142 valence electrons. The highest BCUT2D eigenvalue weighted by Gasteiger charge is 2.21. The van der Waals surface area contributed by atoms with Crippen LogP contribution in [0.1, 0.15) is 26.5 Å². The number of carbonyl (C=O) groups excluding carboxylic acids is 1. The monoisotopic (exact) mass is 404 g/mol. The first-order chi connectivity index (χ1) is 12.7. The van der Waals surface area contributed by atoms with Crippen molar-refractivity contribution >= 4 is 29.3 Å². The van der Waals surface area contributed by atoms with Gasteiger partial charge in [-0.05, 0) is 52.0 Å². The zero-order valence-corrected chi connectivity index (χ0v) is 17.2. The van der Waals surface area contributed by atoms with E-state index in [-0.39, 0.29) is 17.2 Å². The molecule has 0 fully saturated rings. The molecule has 0 atom stereocenters. The fourth-order valence-corrected chi connectivity index (χ4v) is 3.52. The van der Waals surface area contributed by atoms with E-state index in [4.69, 9.17) is 16.0 Å². The van der Waals surface area contributed by atoms with Crippen molar-refractivity contribution in [2.24, 2.45) is 0 Å². The summed E-state index contributed by atoms with van der Waals surface area (Å²) in [5.74, 6) is 1.56. The van der Waals surface area contributed by atoms with Crippen LogP contribution in [0.3, 0.4) is 0 Å². The molecule has 0 saturated carbocycles. The standard InChI is InChI=1S/C19H21ClN4O2S/c1-12-15(8-9-26-12)17-22-23-18(27-11-16(25)21-19(2,3)4)24(17)14-7-5-6-13(20)10-14/h5-10H,11H2,1-4H3,(H,21,25). The Hall–Kier alpha value is -2.25. The number of rotatable bonds is 5. The summed E-state index contributed by atoms with van der Waals surface area (Å²) < 4.78 is 7.31. The lowest BCUT2D eigenvalue weighted by atomic mass is 10.1. The normalized spacial score (nSPS) is 11.6. The number of nitrogens with one attached hydrogen (secondary N) is 1. The molecular weight excluding hydrogens is 384 g/mol. The van der Waals surface area contributed by atoms with Gasteiger partial charge < -0.3 is 9.73 Å². The van der Waals surface area contributed by atoms with Crippen LogP contribution in [-0.2, 0) is 4.79 Å². The second-order valence-electron chi connectivity index (χ2n) is 7.10. The summed E-state index contributed by atoms with van der Waals surface area (Å²) in [5.41, 5.74) is 1.38. The van der Waals surface area contributed by atoms with Crippen LogP contribution in [-0.4, -0.2) is 32.0 Å². The van der Waals surface area contributed by atoms with Gasteiger partial charge in [-0.3, -0.25) is 9.36 Å². The summed E-state index contributed by atoms with van der Waals surface area (Å²) >= 11 is 7.50. The van der Waals surface area contributed by atoms with Gasteiger partial charge in [0.2, 0.25) is 5.91 Å². The molecule has 3 rings (SSSR count). The number of halogens is 1. The zero-order valence-electron chi connectivity index (χ0n) is 15.6. The van der Waals surface area contributed by atoms with Crippen molar-refractivity contribution in [3.05, 3.63) is 47.4 Å². The Labute approximate surface area is 167 Å². The minimum absolute atomic E-state index is 0.0609. The average Bonchev–Trinajstić information content (AvgIpc) is 3.17. The molecular formula is C19H21ClN4O2S. The fourth-order valence-electron chi connectivity index (χ4n) is 2.59. The van der Waals surface area contributed by atoms with E-state index in [0.717, 1.165) is 17.0 Å². The van der Waals surface area contributed by atoms with Gasteiger partial charge in [0.05, 0.1) is 23.3 Å². The molecule has 2 aromatic heterocycles. The number of thioether (sulfide) groups is 1. The van der Waals surface area contributed by atoms with Crippen molar-refractivity contribution in [1.82, 2.24) is 20.1 Å². The first kappa shape index (κ1) is 19.5. The Morgan fingerprint density at radius 2 is 2.07 bits per heavy atom. The minimum atomic E-state index is -0.280. The van der Waals surface area contributed by atoms with Crippen LogP contribution in [0.4, 0.5) is 0 Å². The van der Waals surface area contributed by atoms with Crippen molar-refractivity contribution in [3.63, 3.8) is 0 Å². The Morgan fingerprint density at radius 1 is 1.30 bits per heavy atom. The number of hydrogen-bond acceptors (Lipinski definition) is 5. The molecule has 0 unspecified atom stereocenters. The highest BCUT2D eigenvalue weighted by Crippen LogP contribution is 2.31. The summed E-state index contributed by atoms with van der Waals surface area (Å²) in [7, 11) is 0. The van der Waals surface area contributed by atoms with Crippen LogP contribution in [0.5, 0.6) is 0 Å². The molecule has 1 amide bonds. The van der Waals surface area contributed by atoms with Gasteiger partial charge in [-0.25, -0.2) is 0 Å². The second-order valence-corrected chi connectivity index (χ2v) is 8.48. The lowest BCUT2D eigenvalue weighted by molar-refractivity contribution is -0.119. The average molecular weight is 405 g/mol. The first-order valence-corrected chi connectivity index (χ1v) is 9.80. The number of aromatic nitrogens is 3. The lowest BCUT2D eigenvalue weighted by Gasteiger charge is -2.20. The van der Waals surface area contributed by atoms with E-state index in [1.807, 2.05) is 62.6 Å². The molecule has 3 aromatic rings. The number of carbonyl (C=O) groups is 1. The van der Waals surface area contributed by atoms with Gasteiger partial charge in [-0.2, -0.15) is 0 Å². The van der Waals surface area contributed by atoms with E-state index in [1.165, 1.54) is 11.8 Å². The predicted molar refractivity (Wildman–Crippen MR) is 107 cm³/mol. The van der Waals surface area contributed by atoms with E-state index in [2.05, 4.69) is 15.5 Å². The highest BCUT2D eigenvalue weighted by atomic mass is 35.5. The van der Waals surface area contributed by atoms with Crippen molar-refractivity contribution in [2.45, 2.75) is 38.4 Å². The summed E-state index contributed by atoms with van der Waals surface area (Å²) in [6, 6.07) is 9.28. The van der Waals surface area contributed by atoms with Crippen LogP contribution < -0.4 is 5.32 Å². The number of aryl methyl sites for hydroxylation is 1. The molecule has 6 nitrogen and oxygen atoms in total. The van der Waals surface area contributed by atoms with E-state index < -0.39 is 0 Å². The number of furan rings is 1. The Kier molecular flexibility index (Phi) is 5.62.